The number of benzene rings is 2. The molecule has 0 radical (unpaired) electrons. The van der Waals surface area contributed by atoms with Crippen LogP contribution in [0.3, 0.4) is 0 Å². The molecule has 0 atom stereocenters. The summed E-state index contributed by atoms with van der Waals surface area (Å²) in [6.45, 7) is 0.442. The van der Waals surface area contributed by atoms with Gasteiger partial charge in [0.15, 0.2) is 0 Å². The molecule has 37 heavy (non-hydrogen) atoms. The highest BCUT2D eigenvalue weighted by molar-refractivity contribution is 7.12. The Morgan fingerprint density at radius 3 is 2.46 bits per heavy atom. The molecular weight excluding hydrogens is 492 g/mol. The molecule has 0 bridgehead atoms. The van der Waals surface area contributed by atoms with E-state index in [4.69, 9.17) is 19.2 Å². The van der Waals surface area contributed by atoms with Crippen molar-refractivity contribution in [3.63, 3.8) is 0 Å². The highest BCUT2D eigenvalue weighted by atomic mass is 32.1. The molecule has 2 aromatic carbocycles. The maximum Gasteiger partial charge on any atom is 0.264 e. The Kier molecular flexibility index (Phi) is 8.55. The molecule has 0 aliphatic rings. The predicted molar refractivity (Wildman–Crippen MR) is 143 cm³/mol. The van der Waals surface area contributed by atoms with E-state index in [0.29, 0.717) is 34.6 Å². The minimum absolute atomic E-state index is 0.149. The minimum atomic E-state index is -0.376. The number of carbonyl (C=O) groups excluding carboxylic acids is 2. The normalized spacial score (nSPS) is 10.7. The largest absolute Gasteiger partial charge is 0.497 e. The van der Waals surface area contributed by atoms with E-state index in [2.05, 4.69) is 5.32 Å². The van der Waals surface area contributed by atoms with Crippen LogP contribution in [-0.4, -0.2) is 67.3 Å². The summed E-state index contributed by atoms with van der Waals surface area (Å²) in [6, 6.07) is 18.5. The van der Waals surface area contributed by atoms with Gasteiger partial charge in [-0.1, -0.05) is 18.2 Å². The number of ether oxygens (including phenoxy) is 3. The van der Waals surface area contributed by atoms with Gasteiger partial charge in [0.25, 0.3) is 5.91 Å². The zero-order valence-electron chi connectivity index (χ0n) is 20.8. The first kappa shape index (κ1) is 25.9. The summed E-state index contributed by atoms with van der Waals surface area (Å²) in [5.74, 6) is 1.13. The zero-order valence-corrected chi connectivity index (χ0v) is 21.7. The van der Waals surface area contributed by atoms with E-state index >= 15 is 0 Å². The van der Waals surface area contributed by atoms with Gasteiger partial charge in [0.05, 0.1) is 31.4 Å². The van der Waals surface area contributed by atoms with Gasteiger partial charge in [-0.15, -0.1) is 11.3 Å². The molecular formula is C27H28N4O5S. The lowest BCUT2D eigenvalue weighted by Crippen LogP contribution is -2.40. The molecule has 0 aliphatic heterocycles. The van der Waals surface area contributed by atoms with Crippen molar-refractivity contribution in [2.24, 2.45) is 0 Å². The molecule has 1 N–H and O–H groups in total. The summed E-state index contributed by atoms with van der Waals surface area (Å²) < 4.78 is 17.6. The fourth-order valence-corrected chi connectivity index (χ4v) is 4.37. The molecule has 4 aromatic rings. The van der Waals surface area contributed by atoms with E-state index in [1.807, 2.05) is 60.1 Å². The van der Waals surface area contributed by atoms with Crippen LogP contribution in [0.15, 0.2) is 72.2 Å². The number of amides is 2. The Hall–Kier alpha value is -4.15. The van der Waals surface area contributed by atoms with E-state index in [1.54, 1.807) is 38.0 Å². The summed E-state index contributed by atoms with van der Waals surface area (Å²) in [5, 5.41) is 4.71. The summed E-state index contributed by atoms with van der Waals surface area (Å²) >= 11 is 1.33. The molecule has 10 heteroatoms. The average molecular weight is 521 g/mol. The van der Waals surface area contributed by atoms with Gasteiger partial charge in [-0.2, -0.15) is 0 Å². The first-order chi connectivity index (χ1) is 18.0. The molecule has 2 heterocycles. The van der Waals surface area contributed by atoms with E-state index in [9.17, 15) is 9.59 Å². The Balaban J connectivity index is 1.62. The molecule has 2 aromatic heterocycles. The number of nitrogens with one attached hydrogen (secondary N) is 1. The van der Waals surface area contributed by atoms with Crippen LogP contribution in [0.1, 0.15) is 9.67 Å². The van der Waals surface area contributed by atoms with Gasteiger partial charge in [-0.3, -0.25) is 19.5 Å². The molecule has 0 spiro atoms. The predicted octanol–water partition coefficient (Wildman–Crippen LogP) is 4.35. The molecule has 192 valence electrons. The van der Waals surface area contributed by atoms with Crippen molar-refractivity contribution >= 4 is 29.1 Å². The smallest absolute Gasteiger partial charge is 0.264 e. The number of nitrogens with zero attached hydrogens (tertiary/aromatic N) is 3. The Labute approximate surface area is 219 Å². The lowest BCUT2D eigenvalue weighted by atomic mass is 10.1. The lowest BCUT2D eigenvalue weighted by molar-refractivity contribution is -0.117. The van der Waals surface area contributed by atoms with Gasteiger partial charge in [0.1, 0.15) is 18.0 Å². The van der Waals surface area contributed by atoms with Crippen molar-refractivity contribution in [1.29, 1.82) is 0 Å². The number of carbonyl (C=O) groups is 2. The Bertz CT molecular complexity index is 1340. The van der Waals surface area contributed by atoms with Gasteiger partial charge in [0.2, 0.25) is 11.9 Å². The van der Waals surface area contributed by atoms with Crippen LogP contribution < -0.4 is 14.8 Å². The Morgan fingerprint density at radius 1 is 1.00 bits per heavy atom. The van der Waals surface area contributed by atoms with Crippen LogP contribution in [-0.2, 0) is 9.53 Å². The second-order valence-electron chi connectivity index (χ2n) is 7.99. The molecule has 0 saturated carbocycles. The maximum absolute atomic E-state index is 13.2. The standard InChI is InChI=1S/C27H28N4O5S/c1-34-14-13-30(26(33)24-8-5-15-37-24)18-25(32)29-27-28-23(19-6-4-7-22(16-19)36-3)17-31(27)20-9-11-21(35-2)12-10-20/h4-12,15-17H,13-14,18H2,1-3H3,(H,28,29,32). The van der Waals surface area contributed by atoms with Crippen molar-refractivity contribution < 1.29 is 23.8 Å². The van der Waals surface area contributed by atoms with Crippen LogP contribution in [0.25, 0.3) is 16.9 Å². The number of thiophene rings is 1. The van der Waals surface area contributed by atoms with Crippen molar-refractivity contribution in [3.05, 3.63) is 77.1 Å². The molecule has 4 rings (SSSR count). The zero-order chi connectivity index (χ0) is 26.2. The minimum Gasteiger partial charge on any atom is -0.497 e. The number of rotatable bonds is 11. The third-order valence-corrected chi connectivity index (χ3v) is 6.45. The van der Waals surface area contributed by atoms with Crippen LogP contribution in [0, 0.1) is 0 Å². The quantitative estimate of drug-likeness (QED) is 0.316. The van der Waals surface area contributed by atoms with Crippen molar-refractivity contribution in [2.45, 2.75) is 0 Å². The van der Waals surface area contributed by atoms with Crippen molar-refractivity contribution in [1.82, 2.24) is 14.5 Å². The molecule has 9 nitrogen and oxygen atoms in total. The number of hydrogen-bond acceptors (Lipinski definition) is 7. The number of aromatic nitrogens is 2. The summed E-state index contributed by atoms with van der Waals surface area (Å²) in [5.41, 5.74) is 2.26. The molecule has 2 amide bonds. The maximum atomic E-state index is 13.2. The highest BCUT2D eigenvalue weighted by Gasteiger charge is 2.21. The number of hydrogen-bond donors (Lipinski definition) is 1. The topological polar surface area (TPSA) is 94.9 Å². The fourth-order valence-electron chi connectivity index (χ4n) is 3.68. The summed E-state index contributed by atoms with van der Waals surface area (Å²) in [4.78, 5) is 32.8. The SMILES string of the molecule is COCCN(CC(=O)Nc1nc(-c2cccc(OC)c2)cn1-c1ccc(OC)cc1)C(=O)c1cccs1. The second-order valence-corrected chi connectivity index (χ2v) is 8.94. The van der Waals surface area contributed by atoms with Gasteiger partial charge in [0, 0.05) is 31.1 Å². The lowest BCUT2D eigenvalue weighted by Gasteiger charge is -2.21. The summed E-state index contributed by atoms with van der Waals surface area (Å²) in [6.07, 6.45) is 1.84. The molecule has 0 aliphatic carbocycles. The van der Waals surface area contributed by atoms with Crippen molar-refractivity contribution in [3.8, 4) is 28.4 Å². The van der Waals surface area contributed by atoms with E-state index < -0.39 is 0 Å². The Morgan fingerprint density at radius 2 is 1.78 bits per heavy atom. The van der Waals surface area contributed by atoms with Gasteiger partial charge in [-0.25, -0.2) is 4.98 Å². The van der Waals surface area contributed by atoms with Crippen LogP contribution in [0.5, 0.6) is 11.5 Å². The van der Waals surface area contributed by atoms with Crippen molar-refractivity contribution in [2.75, 3.05) is 46.3 Å². The van der Waals surface area contributed by atoms with Gasteiger partial charge in [-0.05, 0) is 47.8 Å². The monoisotopic (exact) mass is 520 g/mol. The first-order valence-electron chi connectivity index (χ1n) is 11.5. The van der Waals surface area contributed by atoms with Gasteiger partial charge >= 0.3 is 0 Å². The van der Waals surface area contributed by atoms with Crippen LogP contribution >= 0.6 is 11.3 Å². The molecule has 0 unspecified atom stereocenters. The molecule has 0 saturated heterocycles. The van der Waals surface area contributed by atoms with Crippen LogP contribution in [0.4, 0.5) is 5.95 Å². The highest BCUT2D eigenvalue weighted by Crippen LogP contribution is 2.27. The third-order valence-electron chi connectivity index (χ3n) is 5.59. The number of anilines is 1. The average Bonchev–Trinajstić information content (AvgIpc) is 3.61. The second kappa shape index (κ2) is 12.2. The molecule has 0 fully saturated rings. The van der Waals surface area contributed by atoms with Crippen LogP contribution in [0.2, 0.25) is 0 Å². The van der Waals surface area contributed by atoms with Gasteiger partial charge < -0.3 is 19.1 Å². The van der Waals surface area contributed by atoms with E-state index in [-0.39, 0.29) is 24.9 Å². The number of methoxy groups -OCH3 is 3. The third kappa shape index (κ3) is 6.35. The summed E-state index contributed by atoms with van der Waals surface area (Å²) in [7, 11) is 4.76. The fraction of sp³-hybridized carbons (Fsp3) is 0.222. The first-order valence-corrected chi connectivity index (χ1v) is 12.4. The van der Waals surface area contributed by atoms with E-state index in [1.165, 1.54) is 16.2 Å². The number of imidazole rings is 1. The van der Waals surface area contributed by atoms with E-state index in [0.717, 1.165) is 11.3 Å².